The number of hydrogen-bond acceptors (Lipinski definition) is 5. The number of aromatic nitrogens is 1. The fourth-order valence-electron chi connectivity index (χ4n) is 2.66. The lowest BCUT2D eigenvalue weighted by molar-refractivity contribution is 0.0941. The summed E-state index contributed by atoms with van der Waals surface area (Å²) in [5.74, 6) is 0.150. The van der Waals surface area contributed by atoms with E-state index in [2.05, 4.69) is 29.5 Å². The number of nitrogens with one attached hydrogen (secondary N) is 2. The van der Waals surface area contributed by atoms with E-state index >= 15 is 0 Å². The summed E-state index contributed by atoms with van der Waals surface area (Å²) in [4.78, 5) is 29.9. The molecule has 2 rings (SSSR count). The number of amides is 2. The highest BCUT2D eigenvalue weighted by atomic mass is 32.2. The molecule has 1 atom stereocenters. The van der Waals surface area contributed by atoms with E-state index in [9.17, 15) is 9.59 Å². The second kappa shape index (κ2) is 11.3. The van der Waals surface area contributed by atoms with Crippen LogP contribution in [-0.4, -0.2) is 36.2 Å². The van der Waals surface area contributed by atoms with Crippen LogP contribution in [0.3, 0.4) is 0 Å². The summed E-state index contributed by atoms with van der Waals surface area (Å²) in [5, 5.41) is 6.37. The molecule has 0 fully saturated rings. The molecule has 0 aliphatic carbocycles. The average molecular weight is 402 g/mol. The van der Waals surface area contributed by atoms with E-state index in [1.54, 1.807) is 25.3 Å². The number of carbonyl (C=O) groups excluding carboxylic acids is 2. The lowest BCUT2D eigenvalue weighted by Gasteiger charge is -2.21. The Bertz CT molecular complexity index is 769. The number of hydrogen-bond donors (Lipinski definition) is 2. The topological polar surface area (TPSA) is 80.3 Å². The Balaban J connectivity index is 2.03. The van der Waals surface area contributed by atoms with E-state index < -0.39 is 6.09 Å². The second-order valence-corrected chi connectivity index (χ2v) is 7.73. The minimum Gasteiger partial charge on any atom is -0.450 e. The molecule has 0 bridgehead atoms. The molecule has 2 N–H and O–H groups in total. The molecule has 150 valence electrons. The van der Waals surface area contributed by atoms with Gasteiger partial charge in [0.15, 0.2) is 0 Å². The zero-order valence-electron chi connectivity index (χ0n) is 16.5. The molecule has 0 radical (unpaired) electrons. The van der Waals surface area contributed by atoms with Crippen molar-refractivity contribution in [1.29, 1.82) is 0 Å². The molecule has 7 heteroatoms. The summed E-state index contributed by atoms with van der Waals surface area (Å²) < 4.78 is 4.95. The van der Waals surface area contributed by atoms with Gasteiger partial charge in [-0.05, 0) is 43.5 Å². The Labute approximate surface area is 170 Å². The van der Waals surface area contributed by atoms with Gasteiger partial charge < -0.3 is 15.4 Å². The van der Waals surface area contributed by atoms with Gasteiger partial charge in [0.2, 0.25) is 0 Å². The summed E-state index contributed by atoms with van der Waals surface area (Å²) in [6.45, 7) is 6.52. The lowest BCUT2D eigenvalue weighted by Crippen LogP contribution is -2.44. The van der Waals surface area contributed by atoms with Gasteiger partial charge in [0, 0.05) is 23.7 Å². The van der Waals surface area contributed by atoms with Gasteiger partial charge in [-0.2, -0.15) is 0 Å². The van der Waals surface area contributed by atoms with Crippen LogP contribution in [0.1, 0.15) is 37.6 Å². The molecule has 0 saturated heterocycles. The summed E-state index contributed by atoms with van der Waals surface area (Å²) in [5.41, 5.74) is 0.510. The SMILES string of the molecule is CCOC(=O)NC(CNC(=O)c1cccnc1Sc1ccccc1)CC(C)C. The van der Waals surface area contributed by atoms with Gasteiger partial charge in [0.1, 0.15) is 5.03 Å². The minimum atomic E-state index is -0.468. The quantitative estimate of drug-likeness (QED) is 0.661. The number of carbonyl (C=O) groups is 2. The Morgan fingerprint density at radius 3 is 2.57 bits per heavy atom. The summed E-state index contributed by atoms with van der Waals surface area (Å²) in [6, 6.07) is 13.1. The van der Waals surface area contributed by atoms with Crippen LogP contribution in [-0.2, 0) is 4.74 Å². The van der Waals surface area contributed by atoms with Gasteiger partial charge in [-0.25, -0.2) is 9.78 Å². The molecule has 0 aliphatic heterocycles. The van der Waals surface area contributed by atoms with Crippen LogP contribution in [0.15, 0.2) is 58.6 Å². The first kappa shape index (κ1) is 21.8. The van der Waals surface area contributed by atoms with Crippen molar-refractivity contribution in [1.82, 2.24) is 15.6 Å². The van der Waals surface area contributed by atoms with Gasteiger partial charge in [-0.3, -0.25) is 4.79 Å². The number of benzene rings is 1. The van der Waals surface area contributed by atoms with E-state index in [1.165, 1.54) is 11.8 Å². The smallest absolute Gasteiger partial charge is 0.407 e. The predicted molar refractivity (Wildman–Crippen MR) is 111 cm³/mol. The summed E-state index contributed by atoms with van der Waals surface area (Å²) >= 11 is 1.44. The van der Waals surface area contributed by atoms with E-state index in [0.29, 0.717) is 29.7 Å². The van der Waals surface area contributed by atoms with Crippen LogP contribution in [0.2, 0.25) is 0 Å². The zero-order chi connectivity index (χ0) is 20.4. The molecule has 1 unspecified atom stereocenters. The van der Waals surface area contributed by atoms with Gasteiger partial charge in [-0.1, -0.05) is 43.8 Å². The molecule has 0 spiro atoms. The molecule has 0 aliphatic rings. The highest BCUT2D eigenvalue weighted by Gasteiger charge is 2.18. The van der Waals surface area contributed by atoms with Crippen molar-refractivity contribution in [3.05, 3.63) is 54.2 Å². The Kier molecular flexibility index (Phi) is 8.81. The van der Waals surface area contributed by atoms with E-state index in [1.807, 2.05) is 30.3 Å². The van der Waals surface area contributed by atoms with Crippen molar-refractivity contribution in [2.24, 2.45) is 5.92 Å². The van der Waals surface area contributed by atoms with Gasteiger partial charge in [-0.15, -0.1) is 0 Å². The van der Waals surface area contributed by atoms with E-state index in [4.69, 9.17) is 4.74 Å². The van der Waals surface area contributed by atoms with Gasteiger partial charge in [0.05, 0.1) is 12.2 Å². The number of rotatable bonds is 9. The molecule has 1 aromatic heterocycles. The zero-order valence-corrected chi connectivity index (χ0v) is 17.3. The van der Waals surface area contributed by atoms with Crippen LogP contribution < -0.4 is 10.6 Å². The maximum Gasteiger partial charge on any atom is 0.407 e. The Morgan fingerprint density at radius 1 is 1.14 bits per heavy atom. The fraction of sp³-hybridized carbons (Fsp3) is 0.381. The predicted octanol–water partition coefficient (Wildman–Crippen LogP) is 4.12. The molecular weight excluding hydrogens is 374 g/mol. The van der Waals surface area contributed by atoms with Crippen molar-refractivity contribution in [3.8, 4) is 0 Å². The summed E-state index contributed by atoms with van der Waals surface area (Å²) in [7, 11) is 0. The standard InChI is InChI=1S/C21H27N3O3S/c1-4-27-21(26)24-16(13-15(2)3)14-23-19(25)18-11-8-12-22-20(18)28-17-9-6-5-7-10-17/h5-12,15-16H,4,13-14H2,1-3H3,(H,23,25)(H,24,26). The molecule has 1 aromatic carbocycles. The van der Waals surface area contributed by atoms with Crippen LogP contribution in [0.25, 0.3) is 0 Å². The van der Waals surface area contributed by atoms with Crippen LogP contribution in [0.5, 0.6) is 0 Å². The molecule has 2 aromatic rings. The highest BCUT2D eigenvalue weighted by molar-refractivity contribution is 7.99. The Hall–Kier alpha value is -2.54. The van der Waals surface area contributed by atoms with Gasteiger partial charge in [0.25, 0.3) is 5.91 Å². The van der Waals surface area contributed by atoms with Gasteiger partial charge >= 0.3 is 6.09 Å². The first-order chi connectivity index (χ1) is 13.5. The van der Waals surface area contributed by atoms with E-state index in [0.717, 1.165) is 11.3 Å². The van der Waals surface area contributed by atoms with Crippen molar-refractivity contribution >= 4 is 23.8 Å². The Morgan fingerprint density at radius 2 is 1.89 bits per heavy atom. The van der Waals surface area contributed by atoms with Crippen molar-refractivity contribution < 1.29 is 14.3 Å². The maximum absolute atomic E-state index is 12.7. The average Bonchev–Trinajstić information content (AvgIpc) is 2.67. The second-order valence-electron chi connectivity index (χ2n) is 6.67. The van der Waals surface area contributed by atoms with Crippen LogP contribution in [0.4, 0.5) is 4.79 Å². The van der Waals surface area contributed by atoms with Crippen LogP contribution in [0, 0.1) is 5.92 Å². The third kappa shape index (κ3) is 7.23. The number of pyridine rings is 1. The fourth-order valence-corrected chi connectivity index (χ4v) is 3.56. The first-order valence-electron chi connectivity index (χ1n) is 9.39. The molecule has 2 amide bonds. The molecular formula is C21H27N3O3S. The van der Waals surface area contributed by atoms with Crippen LogP contribution >= 0.6 is 11.8 Å². The molecule has 28 heavy (non-hydrogen) atoms. The normalized spacial score (nSPS) is 11.7. The van der Waals surface area contributed by atoms with Crippen molar-refractivity contribution in [2.45, 2.75) is 43.2 Å². The number of nitrogens with zero attached hydrogens (tertiary/aromatic N) is 1. The summed E-state index contributed by atoms with van der Waals surface area (Å²) in [6.07, 6.45) is 1.94. The minimum absolute atomic E-state index is 0.204. The molecule has 0 saturated carbocycles. The van der Waals surface area contributed by atoms with Crippen molar-refractivity contribution in [3.63, 3.8) is 0 Å². The maximum atomic E-state index is 12.7. The monoisotopic (exact) mass is 401 g/mol. The van der Waals surface area contributed by atoms with E-state index in [-0.39, 0.29) is 11.9 Å². The lowest BCUT2D eigenvalue weighted by atomic mass is 10.0. The molecule has 1 heterocycles. The first-order valence-corrected chi connectivity index (χ1v) is 10.2. The third-order valence-electron chi connectivity index (χ3n) is 3.84. The number of alkyl carbamates (subject to hydrolysis) is 1. The largest absolute Gasteiger partial charge is 0.450 e. The number of ether oxygens (including phenoxy) is 1. The molecule has 6 nitrogen and oxygen atoms in total. The third-order valence-corrected chi connectivity index (χ3v) is 4.86. The highest BCUT2D eigenvalue weighted by Crippen LogP contribution is 2.28. The van der Waals surface area contributed by atoms with Crippen molar-refractivity contribution in [2.75, 3.05) is 13.2 Å².